The Bertz CT molecular complexity index is 734. The lowest BCUT2D eigenvalue weighted by molar-refractivity contribution is -0.125. The lowest BCUT2D eigenvalue weighted by Crippen LogP contribution is -2.38. The minimum Gasteiger partial charge on any atom is -0.376 e. The summed E-state index contributed by atoms with van der Waals surface area (Å²) in [6, 6.07) is 4.81. The molecule has 2 unspecified atom stereocenters. The van der Waals surface area contributed by atoms with Crippen LogP contribution in [0.3, 0.4) is 0 Å². The van der Waals surface area contributed by atoms with Gasteiger partial charge < -0.3 is 15.0 Å². The number of rotatable bonds is 3. The zero-order valence-electron chi connectivity index (χ0n) is 13.0. The number of nitrogens with one attached hydrogen (secondary N) is 2. The molecule has 2 N–H and O–H groups in total. The van der Waals surface area contributed by atoms with Gasteiger partial charge >= 0.3 is 0 Å². The molecule has 2 heterocycles. The van der Waals surface area contributed by atoms with Crippen molar-refractivity contribution in [2.45, 2.75) is 38.2 Å². The Morgan fingerprint density at radius 2 is 2.30 bits per heavy atom. The quantitative estimate of drug-likeness (QED) is 0.915. The number of carbonyl (C=O) groups excluding carboxylic acids is 1. The Morgan fingerprint density at radius 1 is 1.39 bits per heavy atom. The molecule has 0 bridgehead atoms. The molecule has 1 aromatic carbocycles. The molecule has 23 heavy (non-hydrogen) atoms. The third kappa shape index (κ3) is 2.85. The van der Waals surface area contributed by atoms with Crippen LogP contribution in [0.2, 0.25) is 0 Å². The molecule has 1 aliphatic heterocycles. The van der Waals surface area contributed by atoms with Gasteiger partial charge in [-0.25, -0.2) is 4.39 Å². The second kappa shape index (κ2) is 5.96. The van der Waals surface area contributed by atoms with Crippen molar-refractivity contribution in [3.63, 3.8) is 0 Å². The van der Waals surface area contributed by atoms with E-state index < -0.39 is 0 Å². The van der Waals surface area contributed by atoms with Crippen molar-refractivity contribution in [2.24, 2.45) is 5.92 Å². The molecule has 1 fully saturated rings. The zero-order chi connectivity index (χ0) is 15.8. The molecule has 2 aliphatic rings. The minimum absolute atomic E-state index is 0.0360. The van der Waals surface area contributed by atoms with E-state index in [1.165, 1.54) is 6.07 Å². The van der Waals surface area contributed by atoms with Crippen molar-refractivity contribution in [2.75, 3.05) is 13.2 Å². The number of ether oxygens (including phenoxy) is 1. The molecule has 4 nitrogen and oxygen atoms in total. The average Bonchev–Trinajstić information content (AvgIpc) is 3.19. The number of hydrogen-bond acceptors (Lipinski definition) is 2. The Hall–Kier alpha value is -1.88. The van der Waals surface area contributed by atoms with Crippen molar-refractivity contribution >= 4 is 16.8 Å². The average molecular weight is 316 g/mol. The van der Waals surface area contributed by atoms with E-state index in [1.54, 1.807) is 12.1 Å². The van der Waals surface area contributed by atoms with Crippen molar-refractivity contribution in [3.8, 4) is 0 Å². The fourth-order valence-electron chi connectivity index (χ4n) is 3.78. The summed E-state index contributed by atoms with van der Waals surface area (Å²) < 4.78 is 19.1. The first-order valence-corrected chi connectivity index (χ1v) is 8.39. The predicted molar refractivity (Wildman–Crippen MR) is 85.8 cm³/mol. The van der Waals surface area contributed by atoms with Crippen LogP contribution in [-0.2, 0) is 22.4 Å². The van der Waals surface area contributed by atoms with Crippen molar-refractivity contribution < 1.29 is 13.9 Å². The van der Waals surface area contributed by atoms with Crippen LogP contribution in [0.1, 0.15) is 30.5 Å². The number of fused-ring (bicyclic) bond motifs is 3. The fraction of sp³-hybridized carbons (Fsp3) is 0.500. The molecule has 0 spiro atoms. The molecule has 122 valence electrons. The van der Waals surface area contributed by atoms with Gasteiger partial charge in [-0.1, -0.05) is 0 Å². The number of aryl methyl sites for hydroxylation is 1. The lowest BCUT2D eigenvalue weighted by atomic mass is 9.86. The van der Waals surface area contributed by atoms with Crippen LogP contribution in [-0.4, -0.2) is 30.1 Å². The molecule has 5 heteroatoms. The Labute approximate surface area is 134 Å². The topological polar surface area (TPSA) is 54.1 Å². The summed E-state index contributed by atoms with van der Waals surface area (Å²) in [7, 11) is 0. The highest BCUT2D eigenvalue weighted by atomic mass is 19.1. The molecule has 1 aromatic heterocycles. The van der Waals surface area contributed by atoms with Gasteiger partial charge in [-0.2, -0.15) is 0 Å². The van der Waals surface area contributed by atoms with E-state index in [4.69, 9.17) is 4.74 Å². The number of carbonyl (C=O) groups is 1. The monoisotopic (exact) mass is 316 g/mol. The van der Waals surface area contributed by atoms with E-state index in [9.17, 15) is 9.18 Å². The first kappa shape index (κ1) is 14.7. The van der Waals surface area contributed by atoms with Crippen LogP contribution in [0, 0.1) is 11.7 Å². The van der Waals surface area contributed by atoms with Crippen LogP contribution >= 0.6 is 0 Å². The van der Waals surface area contributed by atoms with E-state index in [2.05, 4.69) is 10.3 Å². The lowest BCUT2D eigenvalue weighted by Gasteiger charge is -2.22. The number of amides is 1. The first-order chi connectivity index (χ1) is 11.2. The van der Waals surface area contributed by atoms with Crippen molar-refractivity contribution in [1.29, 1.82) is 0 Å². The van der Waals surface area contributed by atoms with E-state index >= 15 is 0 Å². The fourth-order valence-corrected chi connectivity index (χ4v) is 3.78. The van der Waals surface area contributed by atoms with E-state index in [0.717, 1.165) is 54.5 Å². The van der Waals surface area contributed by atoms with E-state index in [0.29, 0.717) is 13.0 Å². The summed E-state index contributed by atoms with van der Waals surface area (Å²) in [5, 5.41) is 3.94. The highest BCUT2D eigenvalue weighted by Gasteiger charge is 2.28. The minimum atomic E-state index is -0.232. The summed E-state index contributed by atoms with van der Waals surface area (Å²) in [4.78, 5) is 15.8. The molecule has 0 radical (unpaired) electrons. The second-order valence-electron chi connectivity index (χ2n) is 6.59. The molecule has 2 aromatic rings. The maximum atomic E-state index is 13.5. The van der Waals surface area contributed by atoms with Gasteiger partial charge in [-0.15, -0.1) is 0 Å². The number of aromatic amines is 1. The van der Waals surface area contributed by atoms with Gasteiger partial charge in [0.1, 0.15) is 5.82 Å². The van der Waals surface area contributed by atoms with Gasteiger partial charge in [0.15, 0.2) is 0 Å². The highest BCUT2D eigenvalue weighted by Crippen LogP contribution is 2.32. The smallest absolute Gasteiger partial charge is 0.223 e. The number of benzene rings is 1. The SMILES string of the molecule is O=C(NCC1CCCO1)C1CCc2[nH]c3ccc(F)cc3c2C1. The van der Waals surface area contributed by atoms with Gasteiger partial charge in [0.25, 0.3) is 0 Å². The van der Waals surface area contributed by atoms with E-state index in [1.807, 2.05) is 0 Å². The molecule has 0 saturated carbocycles. The summed E-state index contributed by atoms with van der Waals surface area (Å²) in [5.41, 5.74) is 3.20. The van der Waals surface area contributed by atoms with Gasteiger partial charge in [-0.05, 0) is 55.9 Å². The Morgan fingerprint density at radius 3 is 3.13 bits per heavy atom. The molecular formula is C18H21FN2O2. The zero-order valence-corrected chi connectivity index (χ0v) is 13.0. The summed E-state index contributed by atoms with van der Waals surface area (Å²) in [5.74, 6) is -0.174. The number of H-pyrrole nitrogens is 1. The highest BCUT2D eigenvalue weighted by molar-refractivity contribution is 5.87. The molecule has 2 atom stereocenters. The van der Waals surface area contributed by atoms with Gasteiger partial charge in [0, 0.05) is 35.7 Å². The second-order valence-corrected chi connectivity index (χ2v) is 6.59. The van der Waals surface area contributed by atoms with Crippen LogP contribution in [0.15, 0.2) is 18.2 Å². The number of hydrogen-bond donors (Lipinski definition) is 2. The molecule has 1 saturated heterocycles. The maximum Gasteiger partial charge on any atom is 0.223 e. The number of aromatic nitrogens is 1. The Kier molecular flexibility index (Phi) is 3.81. The van der Waals surface area contributed by atoms with Crippen LogP contribution in [0.4, 0.5) is 4.39 Å². The summed E-state index contributed by atoms with van der Waals surface area (Å²) >= 11 is 0. The van der Waals surface area contributed by atoms with Crippen molar-refractivity contribution in [3.05, 3.63) is 35.3 Å². The molecular weight excluding hydrogens is 295 g/mol. The van der Waals surface area contributed by atoms with E-state index in [-0.39, 0.29) is 23.7 Å². The van der Waals surface area contributed by atoms with Crippen LogP contribution in [0.25, 0.3) is 10.9 Å². The maximum absolute atomic E-state index is 13.5. The summed E-state index contributed by atoms with van der Waals surface area (Å²) in [6.45, 7) is 1.40. The Balaban J connectivity index is 1.47. The van der Waals surface area contributed by atoms with Crippen LogP contribution < -0.4 is 5.32 Å². The van der Waals surface area contributed by atoms with Gasteiger partial charge in [-0.3, -0.25) is 4.79 Å². The normalized spacial score (nSPS) is 23.9. The molecule has 1 amide bonds. The summed E-state index contributed by atoms with van der Waals surface area (Å²) in [6.07, 6.45) is 4.62. The molecule has 4 rings (SSSR count). The largest absolute Gasteiger partial charge is 0.376 e. The predicted octanol–water partition coefficient (Wildman–Crippen LogP) is 2.71. The van der Waals surface area contributed by atoms with Crippen molar-refractivity contribution in [1.82, 2.24) is 10.3 Å². The molecule has 1 aliphatic carbocycles. The van der Waals surface area contributed by atoms with Gasteiger partial charge in [0.2, 0.25) is 5.91 Å². The van der Waals surface area contributed by atoms with Gasteiger partial charge in [0.05, 0.1) is 6.10 Å². The number of halogens is 1. The third-order valence-corrected chi connectivity index (χ3v) is 5.05. The first-order valence-electron chi connectivity index (χ1n) is 8.39. The third-order valence-electron chi connectivity index (χ3n) is 5.05. The standard InChI is InChI=1S/C18H21FN2O2/c19-12-4-6-17-15(9-12)14-8-11(3-5-16(14)21-17)18(22)20-10-13-2-1-7-23-13/h4,6,9,11,13,21H,1-3,5,7-8,10H2,(H,20,22). The van der Waals surface area contributed by atoms with Crippen LogP contribution in [0.5, 0.6) is 0 Å².